The van der Waals surface area contributed by atoms with Crippen LogP contribution in [0.3, 0.4) is 0 Å². The van der Waals surface area contributed by atoms with Crippen molar-refractivity contribution < 1.29 is 26.7 Å². The third kappa shape index (κ3) is 3.72. The first kappa shape index (κ1) is 16.2. The monoisotopic (exact) mass is 371 g/mol. The Hall–Kier alpha value is -1.18. The van der Waals surface area contributed by atoms with Crippen molar-refractivity contribution in [2.24, 2.45) is 0 Å². The molecule has 0 saturated carbocycles. The molecule has 0 radical (unpaired) electrons. The van der Waals surface area contributed by atoms with Crippen molar-refractivity contribution in [2.75, 3.05) is 13.1 Å². The summed E-state index contributed by atoms with van der Waals surface area (Å²) in [5, 5.41) is 0. The molecule has 2 nitrogen and oxygen atoms in total. The van der Waals surface area contributed by atoms with Gasteiger partial charge in [-0.05, 0) is 18.2 Å². The maximum Gasteiger partial charge on any atom is 0.417 e. The van der Waals surface area contributed by atoms with Crippen molar-refractivity contribution in [1.82, 2.24) is 4.90 Å². The molecule has 1 amide bonds. The van der Waals surface area contributed by atoms with Gasteiger partial charge in [0, 0.05) is 36.0 Å². The molecule has 0 aliphatic carbocycles. The molecule has 2 rings (SSSR count). The summed E-state index contributed by atoms with van der Waals surface area (Å²) in [6.07, 6.45) is -5.38. The highest BCUT2D eigenvalue weighted by Gasteiger charge is 2.36. The predicted octanol–water partition coefficient (Wildman–Crippen LogP) is 4.34. The van der Waals surface area contributed by atoms with Gasteiger partial charge in [-0.25, -0.2) is 8.78 Å². The Balaban J connectivity index is 2.16. The van der Waals surface area contributed by atoms with E-state index >= 15 is 0 Å². The number of rotatable bonds is 1. The number of alkyl halides is 5. The van der Waals surface area contributed by atoms with E-state index in [0.717, 1.165) is 18.2 Å². The first-order valence-electron chi connectivity index (χ1n) is 6.14. The average Bonchev–Trinajstić information content (AvgIpc) is 2.36. The fourth-order valence-corrected chi connectivity index (χ4v) is 2.70. The summed E-state index contributed by atoms with van der Waals surface area (Å²) in [4.78, 5) is 13.3. The minimum atomic E-state index is -4.52. The minimum Gasteiger partial charge on any atom is -0.338 e. The molecule has 0 aromatic heterocycles. The van der Waals surface area contributed by atoms with Gasteiger partial charge >= 0.3 is 6.18 Å². The van der Waals surface area contributed by atoms with Gasteiger partial charge in [-0.15, -0.1) is 0 Å². The lowest BCUT2D eigenvalue weighted by molar-refractivity contribution is -0.138. The van der Waals surface area contributed by atoms with Crippen molar-refractivity contribution in [3.63, 3.8) is 0 Å². The Morgan fingerprint density at radius 2 is 1.76 bits per heavy atom. The van der Waals surface area contributed by atoms with Crippen LogP contribution >= 0.6 is 15.9 Å². The molecule has 116 valence electrons. The van der Waals surface area contributed by atoms with Crippen LogP contribution in [-0.4, -0.2) is 29.8 Å². The molecule has 1 saturated heterocycles. The standard InChI is InChI=1S/C13H11BrF5NO/c14-10-7-8(1-2-9(10)13(17,18)19)11(21)20-5-3-12(15,16)4-6-20/h1-2,7H,3-6H2. The molecule has 0 spiro atoms. The van der Waals surface area contributed by atoms with E-state index in [1.165, 1.54) is 4.90 Å². The summed E-state index contributed by atoms with van der Waals surface area (Å²) in [6.45, 7) is -0.213. The average molecular weight is 372 g/mol. The van der Waals surface area contributed by atoms with E-state index in [-0.39, 0.29) is 23.1 Å². The number of amides is 1. The Morgan fingerprint density at radius 1 is 1.19 bits per heavy atom. The van der Waals surface area contributed by atoms with Gasteiger partial charge in [-0.3, -0.25) is 4.79 Å². The highest BCUT2D eigenvalue weighted by atomic mass is 79.9. The summed E-state index contributed by atoms with van der Waals surface area (Å²) in [5.41, 5.74) is -0.843. The lowest BCUT2D eigenvalue weighted by Crippen LogP contribution is -2.42. The molecule has 0 N–H and O–H groups in total. The van der Waals surface area contributed by atoms with Crippen LogP contribution in [0.4, 0.5) is 22.0 Å². The second-order valence-corrected chi connectivity index (χ2v) is 5.69. The van der Waals surface area contributed by atoms with E-state index in [0.29, 0.717) is 0 Å². The van der Waals surface area contributed by atoms with Gasteiger partial charge in [0.25, 0.3) is 11.8 Å². The quantitative estimate of drug-likeness (QED) is 0.672. The Kier molecular flexibility index (Phi) is 4.28. The largest absolute Gasteiger partial charge is 0.417 e. The maximum absolute atomic E-state index is 13.0. The predicted molar refractivity (Wildman–Crippen MR) is 69.2 cm³/mol. The highest BCUT2D eigenvalue weighted by Crippen LogP contribution is 2.35. The van der Waals surface area contributed by atoms with E-state index in [1.807, 2.05) is 0 Å². The number of hydrogen-bond donors (Lipinski definition) is 0. The zero-order valence-electron chi connectivity index (χ0n) is 10.7. The van der Waals surface area contributed by atoms with Crippen LogP contribution in [0, 0.1) is 0 Å². The molecule has 1 aliphatic rings. The number of piperidine rings is 1. The molecular formula is C13H11BrF5NO. The van der Waals surface area contributed by atoms with Crippen molar-refractivity contribution in [2.45, 2.75) is 24.9 Å². The smallest absolute Gasteiger partial charge is 0.338 e. The fraction of sp³-hybridized carbons (Fsp3) is 0.462. The van der Waals surface area contributed by atoms with E-state index in [1.54, 1.807) is 0 Å². The number of carbonyl (C=O) groups is 1. The third-order valence-electron chi connectivity index (χ3n) is 3.30. The van der Waals surface area contributed by atoms with Gasteiger partial charge in [0.2, 0.25) is 0 Å². The number of hydrogen-bond acceptors (Lipinski definition) is 1. The van der Waals surface area contributed by atoms with E-state index in [4.69, 9.17) is 0 Å². The van der Waals surface area contributed by atoms with Gasteiger partial charge in [-0.1, -0.05) is 15.9 Å². The van der Waals surface area contributed by atoms with Crippen LogP contribution in [0.5, 0.6) is 0 Å². The summed E-state index contributed by atoms with van der Waals surface area (Å²) in [7, 11) is 0. The summed E-state index contributed by atoms with van der Waals surface area (Å²) in [5.74, 6) is -3.32. The normalized spacial score (nSPS) is 18.7. The number of carbonyl (C=O) groups excluding carboxylic acids is 1. The van der Waals surface area contributed by atoms with Gasteiger partial charge in [0.05, 0.1) is 5.56 Å². The second-order valence-electron chi connectivity index (χ2n) is 4.84. The molecule has 1 fully saturated rings. The molecule has 1 heterocycles. The van der Waals surface area contributed by atoms with Gasteiger partial charge in [-0.2, -0.15) is 13.2 Å². The summed E-state index contributed by atoms with van der Waals surface area (Å²) in [6, 6.07) is 2.93. The Bertz CT molecular complexity index is 548. The minimum absolute atomic E-state index is 0.0418. The van der Waals surface area contributed by atoms with Crippen molar-refractivity contribution >= 4 is 21.8 Å². The van der Waals surface area contributed by atoms with E-state index in [9.17, 15) is 26.7 Å². The first-order valence-corrected chi connectivity index (χ1v) is 6.93. The number of likely N-dealkylation sites (tertiary alicyclic amines) is 1. The summed E-state index contributed by atoms with van der Waals surface area (Å²) >= 11 is 2.78. The maximum atomic E-state index is 13.0. The molecule has 1 aromatic rings. The summed E-state index contributed by atoms with van der Waals surface area (Å²) < 4.78 is 63.6. The van der Waals surface area contributed by atoms with Crippen molar-refractivity contribution in [1.29, 1.82) is 0 Å². The number of benzene rings is 1. The zero-order valence-corrected chi connectivity index (χ0v) is 12.3. The lowest BCUT2D eigenvalue weighted by atomic mass is 10.0. The van der Waals surface area contributed by atoms with Crippen molar-refractivity contribution in [3.05, 3.63) is 33.8 Å². The molecule has 1 aliphatic heterocycles. The van der Waals surface area contributed by atoms with Crippen LogP contribution < -0.4 is 0 Å². The first-order chi connectivity index (χ1) is 9.60. The zero-order chi connectivity index (χ0) is 15.8. The van der Waals surface area contributed by atoms with Crippen LogP contribution in [0.15, 0.2) is 22.7 Å². The SMILES string of the molecule is O=C(c1ccc(C(F)(F)F)c(Br)c1)N1CCC(F)(F)CC1. The van der Waals surface area contributed by atoms with Gasteiger partial charge in [0.15, 0.2) is 0 Å². The fourth-order valence-electron chi connectivity index (χ4n) is 2.10. The van der Waals surface area contributed by atoms with Crippen LogP contribution in [0.2, 0.25) is 0 Å². The van der Waals surface area contributed by atoms with Crippen LogP contribution in [0.1, 0.15) is 28.8 Å². The number of halogens is 6. The van der Waals surface area contributed by atoms with Crippen LogP contribution in [-0.2, 0) is 6.18 Å². The molecule has 0 unspecified atom stereocenters. The Labute approximate surface area is 126 Å². The Morgan fingerprint density at radius 3 is 2.24 bits per heavy atom. The molecule has 0 atom stereocenters. The van der Waals surface area contributed by atoms with Crippen LogP contribution in [0.25, 0.3) is 0 Å². The van der Waals surface area contributed by atoms with E-state index in [2.05, 4.69) is 15.9 Å². The topological polar surface area (TPSA) is 20.3 Å². The van der Waals surface area contributed by atoms with Crippen molar-refractivity contribution in [3.8, 4) is 0 Å². The lowest BCUT2D eigenvalue weighted by Gasteiger charge is -2.31. The third-order valence-corrected chi connectivity index (χ3v) is 3.96. The number of nitrogens with zero attached hydrogens (tertiary/aromatic N) is 1. The highest BCUT2D eigenvalue weighted by molar-refractivity contribution is 9.10. The molecule has 8 heteroatoms. The van der Waals surface area contributed by atoms with Gasteiger partial charge < -0.3 is 4.90 Å². The van der Waals surface area contributed by atoms with E-state index < -0.39 is 36.4 Å². The molecule has 21 heavy (non-hydrogen) atoms. The molecule has 0 bridgehead atoms. The van der Waals surface area contributed by atoms with Gasteiger partial charge in [0.1, 0.15) is 0 Å². The second kappa shape index (κ2) is 5.55. The molecule has 1 aromatic carbocycles. The molecular weight excluding hydrogens is 361 g/mol.